The molecule has 0 saturated heterocycles. The zero-order chi connectivity index (χ0) is 15.0. The van der Waals surface area contributed by atoms with Crippen LogP contribution in [0, 0.1) is 0 Å². The first-order chi connectivity index (χ1) is 9.56. The lowest BCUT2D eigenvalue weighted by atomic mass is 10.1. The van der Waals surface area contributed by atoms with Gasteiger partial charge in [-0.05, 0) is 31.5 Å². The highest BCUT2D eigenvalue weighted by molar-refractivity contribution is 5.89. The zero-order valence-electron chi connectivity index (χ0n) is 13.0. The molecular formula is C16H26N2O2. The molecule has 0 spiro atoms. The number of amides is 1. The standard InChI is InChI=1S/C16H26N2O2/c1-5-6-7-8-12(2)17-15-11-14(18-13(3)19)9-10-16(15)20-4/h9-12,17H,5-8H2,1-4H3,(H,18,19)/t12-/m0/s1. The Morgan fingerprint density at radius 2 is 2.10 bits per heavy atom. The van der Waals surface area contributed by atoms with Crippen LogP contribution in [0.4, 0.5) is 11.4 Å². The van der Waals surface area contributed by atoms with E-state index in [1.54, 1.807) is 7.11 Å². The van der Waals surface area contributed by atoms with Gasteiger partial charge in [0.1, 0.15) is 5.75 Å². The van der Waals surface area contributed by atoms with Crippen molar-refractivity contribution >= 4 is 17.3 Å². The van der Waals surface area contributed by atoms with Crippen molar-refractivity contribution in [3.05, 3.63) is 18.2 Å². The van der Waals surface area contributed by atoms with Crippen molar-refractivity contribution in [1.29, 1.82) is 0 Å². The molecule has 0 bridgehead atoms. The summed E-state index contributed by atoms with van der Waals surface area (Å²) in [7, 11) is 1.65. The van der Waals surface area contributed by atoms with E-state index in [2.05, 4.69) is 24.5 Å². The molecule has 112 valence electrons. The van der Waals surface area contributed by atoms with Gasteiger partial charge in [0, 0.05) is 18.7 Å². The minimum Gasteiger partial charge on any atom is -0.495 e. The van der Waals surface area contributed by atoms with Gasteiger partial charge >= 0.3 is 0 Å². The molecule has 1 rings (SSSR count). The van der Waals surface area contributed by atoms with Gasteiger partial charge < -0.3 is 15.4 Å². The summed E-state index contributed by atoms with van der Waals surface area (Å²) in [5.74, 6) is 0.721. The fourth-order valence-corrected chi connectivity index (χ4v) is 2.14. The topological polar surface area (TPSA) is 50.4 Å². The predicted molar refractivity (Wildman–Crippen MR) is 84.5 cm³/mol. The van der Waals surface area contributed by atoms with Crippen LogP contribution in [0.3, 0.4) is 0 Å². The Labute approximate surface area is 121 Å². The first kappa shape index (κ1) is 16.3. The van der Waals surface area contributed by atoms with Crippen LogP contribution >= 0.6 is 0 Å². The van der Waals surface area contributed by atoms with Gasteiger partial charge in [-0.3, -0.25) is 4.79 Å². The minimum absolute atomic E-state index is 0.0721. The van der Waals surface area contributed by atoms with Gasteiger partial charge in [0.2, 0.25) is 5.91 Å². The molecule has 2 N–H and O–H groups in total. The maximum atomic E-state index is 11.1. The minimum atomic E-state index is -0.0721. The molecule has 0 aliphatic rings. The SMILES string of the molecule is CCCCC[C@H](C)Nc1cc(NC(C)=O)ccc1OC. The number of hydrogen-bond donors (Lipinski definition) is 2. The van der Waals surface area contributed by atoms with Gasteiger partial charge in [0.15, 0.2) is 0 Å². The Morgan fingerprint density at radius 1 is 1.35 bits per heavy atom. The van der Waals surface area contributed by atoms with E-state index >= 15 is 0 Å². The average Bonchev–Trinajstić information content (AvgIpc) is 2.38. The Bertz CT molecular complexity index is 432. The van der Waals surface area contributed by atoms with E-state index < -0.39 is 0 Å². The Balaban J connectivity index is 2.72. The van der Waals surface area contributed by atoms with Crippen molar-refractivity contribution in [2.75, 3.05) is 17.7 Å². The van der Waals surface area contributed by atoms with Crippen LogP contribution in [0.2, 0.25) is 0 Å². The largest absolute Gasteiger partial charge is 0.495 e. The summed E-state index contributed by atoms with van der Waals surface area (Å²) >= 11 is 0. The second kappa shape index (κ2) is 8.46. The first-order valence-corrected chi connectivity index (χ1v) is 7.29. The summed E-state index contributed by atoms with van der Waals surface area (Å²) in [5.41, 5.74) is 1.70. The van der Waals surface area contributed by atoms with Gasteiger partial charge in [-0.2, -0.15) is 0 Å². The second-order valence-corrected chi connectivity index (χ2v) is 5.14. The van der Waals surface area contributed by atoms with Crippen LogP contribution < -0.4 is 15.4 Å². The highest BCUT2D eigenvalue weighted by Crippen LogP contribution is 2.29. The molecule has 0 saturated carbocycles. The third kappa shape index (κ3) is 5.51. The summed E-state index contributed by atoms with van der Waals surface area (Å²) in [4.78, 5) is 11.1. The molecule has 4 heteroatoms. The number of ether oxygens (including phenoxy) is 1. The molecule has 0 radical (unpaired) electrons. The van der Waals surface area contributed by atoms with Crippen LogP contribution in [-0.2, 0) is 4.79 Å². The number of hydrogen-bond acceptors (Lipinski definition) is 3. The number of unbranched alkanes of at least 4 members (excludes halogenated alkanes) is 2. The Morgan fingerprint density at radius 3 is 2.70 bits per heavy atom. The van der Waals surface area contributed by atoms with E-state index in [1.807, 2.05) is 18.2 Å². The van der Waals surface area contributed by atoms with Gasteiger partial charge in [-0.25, -0.2) is 0 Å². The predicted octanol–water partition coefficient (Wildman–Crippen LogP) is 4.03. The molecule has 1 atom stereocenters. The molecule has 0 heterocycles. The number of rotatable bonds is 8. The zero-order valence-corrected chi connectivity index (χ0v) is 13.0. The van der Waals surface area contributed by atoms with Crippen LogP contribution in [0.5, 0.6) is 5.75 Å². The summed E-state index contributed by atoms with van der Waals surface area (Å²) in [6, 6.07) is 6.00. The van der Waals surface area contributed by atoms with E-state index in [9.17, 15) is 4.79 Å². The lowest BCUT2D eigenvalue weighted by molar-refractivity contribution is -0.114. The maximum Gasteiger partial charge on any atom is 0.221 e. The molecular weight excluding hydrogens is 252 g/mol. The summed E-state index contributed by atoms with van der Waals surface area (Å²) in [5, 5.41) is 6.25. The van der Waals surface area contributed by atoms with E-state index in [0.29, 0.717) is 6.04 Å². The lowest BCUT2D eigenvalue weighted by Crippen LogP contribution is -2.16. The molecule has 1 aromatic carbocycles. The van der Waals surface area contributed by atoms with Crippen LogP contribution in [-0.4, -0.2) is 19.1 Å². The summed E-state index contributed by atoms with van der Waals surface area (Å²) in [6.07, 6.45) is 4.84. The lowest BCUT2D eigenvalue weighted by Gasteiger charge is -2.18. The normalized spacial score (nSPS) is 11.8. The van der Waals surface area contributed by atoms with Crippen molar-refractivity contribution in [2.24, 2.45) is 0 Å². The Kier molecular flexibility index (Phi) is 6.91. The number of methoxy groups -OCH3 is 1. The van der Waals surface area contributed by atoms with Gasteiger partial charge in [-0.1, -0.05) is 26.2 Å². The van der Waals surface area contributed by atoms with E-state index in [4.69, 9.17) is 4.74 Å². The number of nitrogens with one attached hydrogen (secondary N) is 2. The monoisotopic (exact) mass is 278 g/mol. The molecule has 0 aromatic heterocycles. The fourth-order valence-electron chi connectivity index (χ4n) is 2.14. The third-order valence-electron chi connectivity index (χ3n) is 3.16. The molecule has 20 heavy (non-hydrogen) atoms. The van der Waals surface area contributed by atoms with Crippen molar-refractivity contribution in [1.82, 2.24) is 0 Å². The molecule has 0 aliphatic heterocycles. The fraction of sp³-hybridized carbons (Fsp3) is 0.562. The molecule has 0 aliphatic carbocycles. The molecule has 1 aromatic rings. The summed E-state index contributed by atoms with van der Waals surface area (Å²) in [6.45, 7) is 5.88. The number of carbonyl (C=O) groups excluding carboxylic acids is 1. The van der Waals surface area contributed by atoms with Crippen molar-refractivity contribution in [3.8, 4) is 5.75 Å². The van der Waals surface area contributed by atoms with Crippen molar-refractivity contribution in [3.63, 3.8) is 0 Å². The first-order valence-electron chi connectivity index (χ1n) is 7.29. The maximum absolute atomic E-state index is 11.1. The van der Waals surface area contributed by atoms with E-state index in [1.165, 1.54) is 26.2 Å². The summed E-state index contributed by atoms with van der Waals surface area (Å²) < 4.78 is 5.36. The highest BCUT2D eigenvalue weighted by Gasteiger charge is 2.08. The number of anilines is 2. The van der Waals surface area contributed by atoms with E-state index in [-0.39, 0.29) is 5.91 Å². The van der Waals surface area contributed by atoms with Crippen molar-refractivity contribution in [2.45, 2.75) is 52.5 Å². The van der Waals surface area contributed by atoms with Crippen LogP contribution in [0.15, 0.2) is 18.2 Å². The van der Waals surface area contributed by atoms with Gasteiger partial charge in [0.25, 0.3) is 0 Å². The molecule has 1 amide bonds. The van der Waals surface area contributed by atoms with Crippen LogP contribution in [0.25, 0.3) is 0 Å². The molecule has 0 fully saturated rings. The average molecular weight is 278 g/mol. The van der Waals surface area contributed by atoms with Gasteiger partial charge in [-0.15, -0.1) is 0 Å². The number of benzene rings is 1. The molecule has 0 unspecified atom stereocenters. The molecule has 4 nitrogen and oxygen atoms in total. The second-order valence-electron chi connectivity index (χ2n) is 5.14. The van der Waals surface area contributed by atoms with Crippen LogP contribution in [0.1, 0.15) is 46.5 Å². The Hall–Kier alpha value is -1.71. The third-order valence-corrected chi connectivity index (χ3v) is 3.16. The quantitative estimate of drug-likeness (QED) is 0.706. The number of carbonyl (C=O) groups is 1. The van der Waals surface area contributed by atoms with E-state index in [0.717, 1.165) is 23.5 Å². The van der Waals surface area contributed by atoms with Gasteiger partial charge in [0.05, 0.1) is 12.8 Å². The highest BCUT2D eigenvalue weighted by atomic mass is 16.5. The smallest absolute Gasteiger partial charge is 0.221 e. The van der Waals surface area contributed by atoms with Crippen molar-refractivity contribution < 1.29 is 9.53 Å².